The third-order valence-electron chi connectivity index (χ3n) is 4.08. The van der Waals surface area contributed by atoms with Gasteiger partial charge in [-0.25, -0.2) is 0 Å². The molecule has 1 fully saturated rings. The molecule has 2 aliphatic rings. The van der Waals surface area contributed by atoms with E-state index in [4.69, 9.17) is 0 Å². The number of hydrogen-bond donors (Lipinski definition) is 1. The van der Waals surface area contributed by atoms with Gasteiger partial charge in [0.05, 0.1) is 0 Å². The van der Waals surface area contributed by atoms with E-state index in [9.17, 15) is 0 Å². The lowest BCUT2D eigenvalue weighted by molar-refractivity contribution is 0.281. The summed E-state index contributed by atoms with van der Waals surface area (Å²) in [5.74, 6) is 0. The zero-order valence-corrected chi connectivity index (χ0v) is 11.9. The molecule has 1 aliphatic heterocycles. The summed E-state index contributed by atoms with van der Waals surface area (Å²) >= 11 is 0. The van der Waals surface area contributed by atoms with Gasteiger partial charge < -0.3 is 5.32 Å². The smallest absolute Gasteiger partial charge is 0.0240 e. The van der Waals surface area contributed by atoms with Gasteiger partial charge in [-0.2, -0.15) is 0 Å². The average molecular weight is 256 g/mol. The second kappa shape index (κ2) is 5.89. The first kappa shape index (κ1) is 12.9. The molecule has 0 amide bonds. The van der Waals surface area contributed by atoms with Gasteiger partial charge in [-0.15, -0.1) is 0 Å². The van der Waals surface area contributed by atoms with Gasteiger partial charge in [-0.05, 0) is 37.3 Å². The summed E-state index contributed by atoms with van der Waals surface area (Å²) < 4.78 is 0. The predicted octanol–water partition coefficient (Wildman–Crippen LogP) is 3.09. The summed E-state index contributed by atoms with van der Waals surface area (Å²) in [6.07, 6.45) is 6.29. The SMILES string of the molecule is CC1=CCCN(Cc2ccccc2CNC2CC2)C1. The van der Waals surface area contributed by atoms with Crippen molar-refractivity contribution in [2.24, 2.45) is 0 Å². The van der Waals surface area contributed by atoms with Crippen molar-refractivity contribution in [2.75, 3.05) is 13.1 Å². The molecule has 0 saturated heterocycles. The van der Waals surface area contributed by atoms with Crippen molar-refractivity contribution >= 4 is 0 Å². The zero-order valence-electron chi connectivity index (χ0n) is 11.9. The second-order valence-corrected chi connectivity index (χ2v) is 5.97. The van der Waals surface area contributed by atoms with Crippen LogP contribution in [0.3, 0.4) is 0 Å². The number of benzene rings is 1. The summed E-state index contributed by atoms with van der Waals surface area (Å²) in [6, 6.07) is 9.68. The van der Waals surface area contributed by atoms with Crippen molar-refractivity contribution in [1.29, 1.82) is 0 Å². The third kappa shape index (κ3) is 3.68. The molecule has 0 radical (unpaired) electrons. The van der Waals surface area contributed by atoms with Crippen LogP contribution in [-0.4, -0.2) is 24.0 Å². The van der Waals surface area contributed by atoms with E-state index in [-0.39, 0.29) is 0 Å². The van der Waals surface area contributed by atoms with Crippen molar-refractivity contribution in [2.45, 2.75) is 45.3 Å². The summed E-state index contributed by atoms with van der Waals surface area (Å²) in [4.78, 5) is 2.56. The molecule has 0 unspecified atom stereocenters. The number of nitrogens with one attached hydrogen (secondary N) is 1. The second-order valence-electron chi connectivity index (χ2n) is 5.97. The summed E-state index contributed by atoms with van der Waals surface area (Å²) in [7, 11) is 0. The molecule has 1 aromatic carbocycles. The molecule has 2 heteroatoms. The average Bonchev–Trinajstić information content (AvgIpc) is 3.22. The molecule has 2 nitrogen and oxygen atoms in total. The van der Waals surface area contributed by atoms with Gasteiger partial charge in [-0.1, -0.05) is 35.9 Å². The van der Waals surface area contributed by atoms with Gasteiger partial charge in [0.2, 0.25) is 0 Å². The minimum absolute atomic E-state index is 0.785. The van der Waals surface area contributed by atoms with Crippen LogP contribution in [0.5, 0.6) is 0 Å². The Bertz CT molecular complexity index is 460. The maximum atomic E-state index is 3.63. The molecule has 1 aromatic rings. The van der Waals surface area contributed by atoms with Crippen molar-refractivity contribution in [3.63, 3.8) is 0 Å². The van der Waals surface area contributed by atoms with Gasteiger partial charge in [-0.3, -0.25) is 4.90 Å². The van der Waals surface area contributed by atoms with Crippen molar-refractivity contribution in [1.82, 2.24) is 10.2 Å². The molecular formula is C17H24N2. The Balaban J connectivity index is 1.63. The van der Waals surface area contributed by atoms with E-state index in [0.717, 1.165) is 25.7 Å². The first-order valence-electron chi connectivity index (χ1n) is 7.49. The largest absolute Gasteiger partial charge is 0.310 e. The first-order valence-corrected chi connectivity index (χ1v) is 7.49. The van der Waals surface area contributed by atoms with Gasteiger partial charge in [0, 0.05) is 32.2 Å². The Morgan fingerprint density at radius 1 is 1.21 bits per heavy atom. The van der Waals surface area contributed by atoms with E-state index >= 15 is 0 Å². The van der Waals surface area contributed by atoms with Gasteiger partial charge in [0.25, 0.3) is 0 Å². The Morgan fingerprint density at radius 3 is 2.74 bits per heavy atom. The highest BCUT2D eigenvalue weighted by atomic mass is 15.1. The normalized spacial score (nSPS) is 20.4. The Kier molecular flexibility index (Phi) is 4.00. The quantitative estimate of drug-likeness (QED) is 0.814. The van der Waals surface area contributed by atoms with E-state index in [1.165, 1.54) is 42.5 Å². The number of hydrogen-bond acceptors (Lipinski definition) is 2. The molecule has 0 aromatic heterocycles. The van der Waals surface area contributed by atoms with E-state index in [1.807, 2.05) is 0 Å². The number of nitrogens with zero attached hydrogens (tertiary/aromatic N) is 1. The van der Waals surface area contributed by atoms with Crippen LogP contribution in [0, 0.1) is 0 Å². The van der Waals surface area contributed by atoms with Crippen LogP contribution >= 0.6 is 0 Å². The molecule has 1 saturated carbocycles. The lowest BCUT2D eigenvalue weighted by Gasteiger charge is -2.27. The van der Waals surface area contributed by atoms with E-state index < -0.39 is 0 Å². The molecule has 102 valence electrons. The number of rotatable bonds is 5. The molecule has 1 heterocycles. The Morgan fingerprint density at radius 2 is 2.00 bits per heavy atom. The Labute approximate surface area is 116 Å². The molecule has 1 aliphatic carbocycles. The first-order chi connectivity index (χ1) is 9.31. The van der Waals surface area contributed by atoms with Crippen molar-refractivity contribution in [3.8, 4) is 0 Å². The highest BCUT2D eigenvalue weighted by molar-refractivity contribution is 5.27. The highest BCUT2D eigenvalue weighted by Crippen LogP contribution is 2.21. The van der Waals surface area contributed by atoms with Gasteiger partial charge in [0.15, 0.2) is 0 Å². The highest BCUT2D eigenvalue weighted by Gasteiger charge is 2.20. The molecule has 0 spiro atoms. The monoisotopic (exact) mass is 256 g/mol. The van der Waals surface area contributed by atoms with E-state index in [1.54, 1.807) is 0 Å². The fourth-order valence-corrected chi connectivity index (χ4v) is 2.79. The zero-order chi connectivity index (χ0) is 13.1. The minimum atomic E-state index is 0.785. The standard InChI is InChI=1S/C17H24N2/c1-14-5-4-10-19(12-14)13-16-7-3-2-6-15(16)11-18-17-8-9-17/h2-3,5-7,17-18H,4,8-13H2,1H3. The van der Waals surface area contributed by atoms with Gasteiger partial charge >= 0.3 is 0 Å². The van der Waals surface area contributed by atoms with Crippen LogP contribution < -0.4 is 5.32 Å². The third-order valence-corrected chi connectivity index (χ3v) is 4.08. The van der Waals surface area contributed by atoms with Crippen molar-refractivity contribution in [3.05, 3.63) is 47.0 Å². The Hall–Kier alpha value is -1.12. The van der Waals surface area contributed by atoms with Crippen LogP contribution in [0.1, 0.15) is 37.3 Å². The fourth-order valence-electron chi connectivity index (χ4n) is 2.79. The molecule has 0 atom stereocenters. The van der Waals surface area contributed by atoms with Crippen LogP contribution in [0.4, 0.5) is 0 Å². The molecular weight excluding hydrogens is 232 g/mol. The molecule has 19 heavy (non-hydrogen) atoms. The summed E-state index contributed by atoms with van der Waals surface area (Å²) in [5.41, 5.74) is 4.48. The van der Waals surface area contributed by atoms with Crippen LogP contribution in [0.2, 0.25) is 0 Å². The molecule has 3 rings (SSSR count). The van der Waals surface area contributed by atoms with Crippen molar-refractivity contribution < 1.29 is 0 Å². The fraction of sp³-hybridized carbons (Fsp3) is 0.529. The summed E-state index contributed by atoms with van der Waals surface area (Å²) in [6.45, 7) is 6.69. The molecule has 1 N–H and O–H groups in total. The minimum Gasteiger partial charge on any atom is -0.310 e. The van der Waals surface area contributed by atoms with Crippen LogP contribution in [0.15, 0.2) is 35.9 Å². The van der Waals surface area contributed by atoms with E-state index in [0.29, 0.717) is 0 Å². The summed E-state index contributed by atoms with van der Waals surface area (Å²) in [5, 5.41) is 3.63. The molecule has 0 bridgehead atoms. The predicted molar refractivity (Wildman–Crippen MR) is 80.0 cm³/mol. The van der Waals surface area contributed by atoms with Crippen LogP contribution in [0.25, 0.3) is 0 Å². The topological polar surface area (TPSA) is 15.3 Å². The lowest BCUT2D eigenvalue weighted by atomic mass is 10.0. The lowest BCUT2D eigenvalue weighted by Crippen LogP contribution is -2.29. The maximum absolute atomic E-state index is 3.63. The maximum Gasteiger partial charge on any atom is 0.0240 e. The van der Waals surface area contributed by atoms with Crippen LogP contribution in [-0.2, 0) is 13.1 Å². The van der Waals surface area contributed by atoms with Gasteiger partial charge in [0.1, 0.15) is 0 Å². The van der Waals surface area contributed by atoms with E-state index in [2.05, 4.69) is 47.5 Å².